The summed E-state index contributed by atoms with van der Waals surface area (Å²) in [6, 6.07) is 19.0. The number of hydrogen-bond acceptors (Lipinski definition) is 4. The van der Waals surface area contributed by atoms with Gasteiger partial charge in [-0.25, -0.2) is 13.8 Å². The molecule has 2 N–H and O–H groups in total. The van der Waals surface area contributed by atoms with Crippen molar-refractivity contribution in [1.82, 2.24) is 10.6 Å². The molecule has 1 fully saturated rings. The normalized spacial score (nSPS) is 17.8. The molecule has 0 bridgehead atoms. The molecule has 7 nitrogen and oxygen atoms in total. The number of hydrogen-bond donors (Lipinski definition) is 2. The number of nitrogens with zero attached hydrogens (tertiary/aromatic N) is 2. The van der Waals surface area contributed by atoms with Crippen LogP contribution in [0, 0.1) is 17.6 Å². The average Bonchev–Trinajstić information content (AvgIpc) is 3.10. The number of nitrogens with one attached hydrogen (secondary N) is 2. The maximum Gasteiger partial charge on any atom is 0.272 e. The van der Waals surface area contributed by atoms with Crippen LogP contribution >= 0.6 is 0 Å². The molecule has 3 aromatic rings. The molecule has 0 spiro atoms. The summed E-state index contributed by atoms with van der Waals surface area (Å²) < 4.78 is 27.1. The molecule has 1 unspecified atom stereocenters. The number of aliphatic imine (C=N–C) groups is 1. The predicted molar refractivity (Wildman–Crippen MR) is 162 cm³/mol. The van der Waals surface area contributed by atoms with Gasteiger partial charge in [-0.2, -0.15) is 0 Å². The van der Waals surface area contributed by atoms with Crippen molar-refractivity contribution in [3.8, 4) is 0 Å². The molecule has 224 valence electrons. The maximum absolute atomic E-state index is 14.1. The molecule has 43 heavy (non-hydrogen) atoms. The molecule has 5 rings (SSSR count). The van der Waals surface area contributed by atoms with E-state index in [-0.39, 0.29) is 17.9 Å². The number of amides is 3. The fourth-order valence-electron chi connectivity index (χ4n) is 5.88. The molecule has 1 heterocycles. The van der Waals surface area contributed by atoms with Gasteiger partial charge in [-0.3, -0.25) is 14.4 Å². The van der Waals surface area contributed by atoms with Gasteiger partial charge in [0.15, 0.2) is 0 Å². The van der Waals surface area contributed by atoms with Crippen molar-refractivity contribution in [3.05, 3.63) is 101 Å². The number of para-hydroxylation sites is 1. The Labute approximate surface area is 250 Å². The van der Waals surface area contributed by atoms with Crippen molar-refractivity contribution in [3.63, 3.8) is 0 Å². The van der Waals surface area contributed by atoms with Gasteiger partial charge in [-0.15, -0.1) is 0 Å². The standard InChI is InChI=1S/C34H36F2N4O3/c1-22(37-30(41)20-24-18-26(35)21-27(36)19-24)33(42)39-32-34(43)40(17-16-23-10-4-2-5-11-23)29-15-9-8-14-28(29)31(38-32)25-12-6-3-7-13-25/h3,6-9,12-15,18-19,21-23,32H,2,4-5,10-11,16-17,20H2,1H3,(H,37,41)(H,39,42)/t22-,32?/m0/s1. The topological polar surface area (TPSA) is 90.9 Å². The molecule has 0 radical (unpaired) electrons. The first-order valence-electron chi connectivity index (χ1n) is 14.9. The average molecular weight is 587 g/mol. The Morgan fingerprint density at radius 3 is 2.35 bits per heavy atom. The maximum atomic E-state index is 14.1. The van der Waals surface area contributed by atoms with E-state index in [1.807, 2.05) is 54.6 Å². The van der Waals surface area contributed by atoms with Crippen LogP contribution in [0.5, 0.6) is 0 Å². The van der Waals surface area contributed by atoms with Gasteiger partial charge in [-0.1, -0.05) is 80.6 Å². The number of benzene rings is 3. The third-order valence-electron chi connectivity index (χ3n) is 8.08. The summed E-state index contributed by atoms with van der Waals surface area (Å²) >= 11 is 0. The van der Waals surface area contributed by atoms with Crippen LogP contribution in [-0.2, 0) is 20.8 Å². The molecule has 1 aliphatic carbocycles. The van der Waals surface area contributed by atoms with Crippen molar-refractivity contribution >= 4 is 29.1 Å². The van der Waals surface area contributed by atoms with E-state index in [4.69, 9.17) is 4.99 Å². The van der Waals surface area contributed by atoms with Crippen LogP contribution in [0.3, 0.4) is 0 Å². The summed E-state index contributed by atoms with van der Waals surface area (Å²) in [5, 5.41) is 5.30. The summed E-state index contributed by atoms with van der Waals surface area (Å²) in [6.45, 7) is 1.99. The molecular formula is C34H36F2N4O3. The van der Waals surface area contributed by atoms with E-state index < -0.39 is 35.7 Å². The van der Waals surface area contributed by atoms with E-state index in [1.165, 1.54) is 26.2 Å². The van der Waals surface area contributed by atoms with Crippen molar-refractivity contribution in [2.24, 2.45) is 10.9 Å². The molecule has 2 aliphatic rings. The minimum atomic E-state index is -1.22. The van der Waals surface area contributed by atoms with Crippen molar-refractivity contribution in [1.29, 1.82) is 0 Å². The Kier molecular flexibility index (Phi) is 9.59. The Morgan fingerprint density at radius 2 is 1.63 bits per heavy atom. The molecule has 1 saturated carbocycles. The molecule has 1 aliphatic heterocycles. The zero-order valence-corrected chi connectivity index (χ0v) is 24.2. The van der Waals surface area contributed by atoms with Gasteiger partial charge in [0, 0.05) is 23.7 Å². The van der Waals surface area contributed by atoms with E-state index in [0.717, 1.165) is 54.3 Å². The summed E-state index contributed by atoms with van der Waals surface area (Å²) in [7, 11) is 0. The summed E-state index contributed by atoms with van der Waals surface area (Å²) in [5.41, 5.74) is 3.07. The van der Waals surface area contributed by atoms with Crippen LogP contribution in [-0.4, -0.2) is 42.2 Å². The van der Waals surface area contributed by atoms with Crippen LogP contribution in [0.25, 0.3) is 0 Å². The molecule has 9 heteroatoms. The SMILES string of the molecule is C[C@H](NC(=O)Cc1cc(F)cc(F)c1)C(=O)NC1N=C(c2ccccc2)c2ccccc2N(CCC2CCCCC2)C1=O. The number of carbonyl (C=O) groups is 3. The first kappa shape index (κ1) is 30.1. The zero-order chi connectivity index (χ0) is 30.3. The summed E-state index contributed by atoms with van der Waals surface area (Å²) in [6.07, 6.45) is 5.27. The molecule has 0 aromatic heterocycles. The van der Waals surface area contributed by atoms with Crippen LogP contribution in [0.4, 0.5) is 14.5 Å². The molecular weight excluding hydrogens is 550 g/mol. The Hall–Kier alpha value is -4.40. The van der Waals surface area contributed by atoms with E-state index in [0.29, 0.717) is 18.2 Å². The second kappa shape index (κ2) is 13.7. The predicted octanol–water partition coefficient (Wildman–Crippen LogP) is 5.31. The Morgan fingerprint density at radius 1 is 0.953 bits per heavy atom. The highest BCUT2D eigenvalue weighted by molar-refractivity contribution is 6.20. The number of carbonyl (C=O) groups excluding carboxylic acids is 3. The minimum absolute atomic E-state index is 0.144. The molecule has 2 atom stereocenters. The van der Waals surface area contributed by atoms with Gasteiger partial charge in [0.1, 0.15) is 17.7 Å². The van der Waals surface area contributed by atoms with Crippen molar-refractivity contribution < 1.29 is 23.2 Å². The fraction of sp³-hybridized carbons (Fsp3) is 0.353. The van der Waals surface area contributed by atoms with E-state index in [1.54, 1.807) is 4.90 Å². The van der Waals surface area contributed by atoms with Gasteiger partial charge in [0.05, 0.1) is 17.8 Å². The summed E-state index contributed by atoms with van der Waals surface area (Å²) in [4.78, 5) is 46.5. The second-order valence-corrected chi connectivity index (χ2v) is 11.3. The van der Waals surface area contributed by atoms with Crippen LogP contribution in [0.1, 0.15) is 62.1 Å². The number of halogens is 2. The number of anilines is 1. The minimum Gasteiger partial charge on any atom is -0.344 e. The molecule has 3 aromatic carbocycles. The first-order valence-corrected chi connectivity index (χ1v) is 14.9. The highest BCUT2D eigenvalue weighted by Crippen LogP contribution is 2.31. The zero-order valence-electron chi connectivity index (χ0n) is 24.2. The largest absolute Gasteiger partial charge is 0.344 e. The lowest BCUT2D eigenvalue weighted by molar-refractivity contribution is -0.130. The lowest BCUT2D eigenvalue weighted by Gasteiger charge is -2.29. The number of benzodiazepines with no additional fused rings is 1. The fourth-order valence-corrected chi connectivity index (χ4v) is 5.88. The van der Waals surface area contributed by atoms with Gasteiger partial charge < -0.3 is 15.5 Å². The Bertz CT molecular complexity index is 1480. The second-order valence-electron chi connectivity index (χ2n) is 11.3. The van der Waals surface area contributed by atoms with E-state index in [9.17, 15) is 23.2 Å². The van der Waals surface area contributed by atoms with Crippen LogP contribution < -0.4 is 15.5 Å². The number of rotatable bonds is 9. The van der Waals surface area contributed by atoms with E-state index >= 15 is 0 Å². The molecule has 0 saturated heterocycles. The van der Waals surface area contributed by atoms with Gasteiger partial charge in [0.2, 0.25) is 18.0 Å². The lowest BCUT2D eigenvalue weighted by atomic mass is 9.87. The Balaban J connectivity index is 1.38. The first-order chi connectivity index (χ1) is 20.8. The highest BCUT2D eigenvalue weighted by Gasteiger charge is 2.34. The summed E-state index contributed by atoms with van der Waals surface area (Å²) in [5.74, 6) is -2.58. The quantitative estimate of drug-likeness (QED) is 0.356. The van der Waals surface area contributed by atoms with Crippen LogP contribution in [0.2, 0.25) is 0 Å². The van der Waals surface area contributed by atoms with Gasteiger partial charge >= 0.3 is 0 Å². The van der Waals surface area contributed by atoms with Gasteiger partial charge in [0.25, 0.3) is 5.91 Å². The third-order valence-corrected chi connectivity index (χ3v) is 8.08. The lowest BCUT2D eigenvalue weighted by Crippen LogP contribution is -2.53. The number of fused-ring (bicyclic) bond motifs is 1. The van der Waals surface area contributed by atoms with Gasteiger partial charge in [-0.05, 0) is 43.0 Å². The monoisotopic (exact) mass is 586 g/mol. The molecule has 3 amide bonds. The smallest absolute Gasteiger partial charge is 0.272 e. The van der Waals surface area contributed by atoms with Crippen LogP contribution in [0.15, 0.2) is 77.8 Å². The highest BCUT2D eigenvalue weighted by atomic mass is 19.1. The third kappa shape index (κ3) is 7.52. The van der Waals surface area contributed by atoms with E-state index in [2.05, 4.69) is 10.6 Å². The van der Waals surface area contributed by atoms with Crippen molar-refractivity contribution in [2.75, 3.05) is 11.4 Å². The van der Waals surface area contributed by atoms with Crippen molar-refractivity contribution in [2.45, 2.75) is 64.1 Å².